The Balaban J connectivity index is 2.24. The number of hydrogen-bond acceptors (Lipinski definition) is 2. The lowest BCUT2D eigenvalue weighted by molar-refractivity contribution is 0.229. The highest BCUT2D eigenvalue weighted by Gasteiger charge is 2.13. The predicted octanol–water partition coefficient (Wildman–Crippen LogP) is 5.07. The molecule has 0 aromatic heterocycles. The van der Waals surface area contributed by atoms with Crippen molar-refractivity contribution < 1.29 is 4.74 Å². The SMILES string of the molecule is CC(C)C(CS)COc1ccc(Cl)c2ccccc12. The lowest BCUT2D eigenvalue weighted by Gasteiger charge is -2.19. The summed E-state index contributed by atoms with van der Waals surface area (Å²) in [6.07, 6.45) is 0. The van der Waals surface area contributed by atoms with Crippen LogP contribution in [0.3, 0.4) is 0 Å². The normalized spacial score (nSPS) is 12.9. The number of halogens is 1. The number of ether oxygens (including phenoxy) is 1. The van der Waals surface area contributed by atoms with E-state index in [0.29, 0.717) is 18.4 Å². The van der Waals surface area contributed by atoms with Gasteiger partial charge in [-0.1, -0.05) is 49.7 Å². The minimum absolute atomic E-state index is 0.456. The van der Waals surface area contributed by atoms with Crippen molar-refractivity contribution in [2.75, 3.05) is 12.4 Å². The summed E-state index contributed by atoms with van der Waals surface area (Å²) in [7, 11) is 0. The number of hydrogen-bond donors (Lipinski definition) is 1. The Labute approximate surface area is 125 Å². The van der Waals surface area contributed by atoms with E-state index < -0.39 is 0 Å². The molecule has 2 aromatic rings. The molecule has 2 aromatic carbocycles. The van der Waals surface area contributed by atoms with E-state index in [4.69, 9.17) is 16.3 Å². The highest BCUT2D eigenvalue weighted by atomic mass is 35.5. The van der Waals surface area contributed by atoms with Gasteiger partial charge in [0.1, 0.15) is 5.75 Å². The number of rotatable bonds is 5. The summed E-state index contributed by atoms with van der Waals surface area (Å²) in [6, 6.07) is 11.9. The van der Waals surface area contributed by atoms with Gasteiger partial charge < -0.3 is 4.74 Å². The van der Waals surface area contributed by atoms with Crippen molar-refractivity contribution in [1.82, 2.24) is 0 Å². The molecule has 1 nitrogen and oxygen atoms in total. The number of thiol groups is 1. The quantitative estimate of drug-likeness (QED) is 0.757. The van der Waals surface area contributed by atoms with Crippen LogP contribution in [-0.2, 0) is 0 Å². The molecule has 3 heteroatoms. The topological polar surface area (TPSA) is 9.23 Å². The summed E-state index contributed by atoms with van der Waals surface area (Å²) < 4.78 is 5.98. The van der Waals surface area contributed by atoms with Crippen molar-refractivity contribution >= 4 is 35.0 Å². The first-order valence-electron chi connectivity index (χ1n) is 6.54. The van der Waals surface area contributed by atoms with Gasteiger partial charge in [-0.05, 0) is 23.8 Å². The molecule has 0 amide bonds. The van der Waals surface area contributed by atoms with Gasteiger partial charge in [0, 0.05) is 21.7 Å². The van der Waals surface area contributed by atoms with Crippen molar-refractivity contribution in [2.24, 2.45) is 11.8 Å². The molecule has 0 N–H and O–H groups in total. The molecule has 0 saturated carbocycles. The molecule has 0 heterocycles. The van der Waals surface area contributed by atoms with Crippen molar-refractivity contribution in [3.8, 4) is 5.75 Å². The Morgan fingerprint density at radius 2 is 1.79 bits per heavy atom. The summed E-state index contributed by atoms with van der Waals surface area (Å²) in [5.41, 5.74) is 0. The second-order valence-electron chi connectivity index (χ2n) is 5.09. The minimum atomic E-state index is 0.456. The van der Waals surface area contributed by atoms with E-state index in [1.807, 2.05) is 36.4 Å². The molecule has 2 rings (SSSR count). The van der Waals surface area contributed by atoms with Crippen molar-refractivity contribution in [3.05, 3.63) is 41.4 Å². The first-order valence-corrected chi connectivity index (χ1v) is 7.55. The maximum Gasteiger partial charge on any atom is 0.127 e. The van der Waals surface area contributed by atoms with Gasteiger partial charge in [-0.15, -0.1) is 0 Å². The zero-order chi connectivity index (χ0) is 13.8. The maximum atomic E-state index is 6.20. The van der Waals surface area contributed by atoms with Crippen molar-refractivity contribution in [1.29, 1.82) is 0 Å². The molecule has 0 saturated heterocycles. The highest BCUT2D eigenvalue weighted by molar-refractivity contribution is 7.80. The maximum absolute atomic E-state index is 6.20. The van der Waals surface area contributed by atoms with E-state index in [1.165, 1.54) is 0 Å². The minimum Gasteiger partial charge on any atom is -0.493 e. The fourth-order valence-electron chi connectivity index (χ4n) is 2.01. The molecule has 0 aliphatic rings. The van der Waals surface area contributed by atoms with Gasteiger partial charge in [0.05, 0.1) is 6.61 Å². The average Bonchev–Trinajstić information content (AvgIpc) is 2.42. The zero-order valence-electron chi connectivity index (χ0n) is 11.3. The molecule has 19 heavy (non-hydrogen) atoms. The van der Waals surface area contributed by atoms with Gasteiger partial charge in [0.25, 0.3) is 0 Å². The van der Waals surface area contributed by atoms with E-state index in [0.717, 1.165) is 27.3 Å². The lowest BCUT2D eigenvalue weighted by atomic mass is 9.99. The van der Waals surface area contributed by atoms with Crippen LogP contribution < -0.4 is 4.74 Å². The van der Waals surface area contributed by atoms with Gasteiger partial charge in [-0.25, -0.2) is 0 Å². The van der Waals surface area contributed by atoms with Gasteiger partial charge in [0.15, 0.2) is 0 Å². The molecule has 0 bridgehead atoms. The molecular formula is C16H19ClOS. The fourth-order valence-corrected chi connectivity index (χ4v) is 2.77. The monoisotopic (exact) mass is 294 g/mol. The van der Waals surface area contributed by atoms with Crippen LogP contribution in [0.4, 0.5) is 0 Å². The van der Waals surface area contributed by atoms with Crippen molar-refractivity contribution in [2.45, 2.75) is 13.8 Å². The van der Waals surface area contributed by atoms with Gasteiger partial charge in [-0.2, -0.15) is 12.6 Å². The van der Waals surface area contributed by atoms with Crippen LogP contribution >= 0.6 is 24.2 Å². The largest absolute Gasteiger partial charge is 0.493 e. The molecule has 0 aliphatic heterocycles. The van der Waals surface area contributed by atoms with E-state index in [9.17, 15) is 0 Å². The highest BCUT2D eigenvalue weighted by Crippen LogP contribution is 2.31. The van der Waals surface area contributed by atoms with Crippen molar-refractivity contribution in [3.63, 3.8) is 0 Å². The Hall–Kier alpha value is -0.860. The first-order chi connectivity index (χ1) is 9.13. The van der Waals surface area contributed by atoms with Crippen LogP contribution in [-0.4, -0.2) is 12.4 Å². The number of benzene rings is 2. The van der Waals surface area contributed by atoms with E-state index in [-0.39, 0.29) is 0 Å². The summed E-state index contributed by atoms with van der Waals surface area (Å²) in [6.45, 7) is 5.08. The molecule has 0 aliphatic carbocycles. The summed E-state index contributed by atoms with van der Waals surface area (Å²) >= 11 is 10.6. The van der Waals surface area contributed by atoms with Crippen LogP contribution in [0.2, 0.25) is 5.02 Å². The third kappa shape index (κ3) is 3.37. The Bertz CT molecular complexity index is 553. The molecule has 0 spiro atoms. The third-order valence-electron chi connectivity index (χ3n) is 3.46. The van der Waals surface area contributed by atoms with Crippen LogP contribution in [0.1, 0.15) is 13.8 Å². The molecular weight excluding hydrogens is 276 g/mol. The number of fused-ring (bicyclic) bond motifs is 1. The predicted molar refractivity (Wildman–Crippen MR) is 86.6 cm³/mol. The molecule has 1 unspecified atom stereocenters. The molecule has 1 atom stereocenters. The van der Waals surface area contributed by atoms with Gasteiger partial charge >= 0.3 is 0 Å². The van der Waals surface area contributed by atoms with E-state index in [1.54, 1.807) is 0 Å². The second-order valence-corrected chi connectivity index (χ2v) is 5.86. The standard InChI is InChI=1S/C16H19ClOS/c1-11(2)12(10-19)9-18-16-8-7-15(17)13-5-3-4-6-14(13)16/h3-8,11-12,19H,9-10H2,1-2H3. The van der Waals surface area contributed by atoms with Crippen LogP contribution in [0.25, 0.3) is 10.8 Å². The smallest absolute Gasteiger partial charge is 0.127 e. The Morgan fingerprint density at radius 3 is 2.42 bits per heavy atom. The average molecular weight is 295 g/mol. The zero-order valence-corrected chi connectivity index (χ0v) is 12.9. The van der Waals surface area contributed by atoms with Crippen LogP contribution in [0.15, 0.2) is 36.4 Å². The lowest BCUT2D eigenvalue weighted by Crippen LogP contribution is -2.19. The summed E-state index contributed by atoms with van der Waals surface area (Å²) in [4.78, 5) is 0. The molecule has 102 valence electrons. The van der Waals surface area contributed by atoms with E-state index in [2.05, 4.69) is 26.5 Å². The Kier molecular flexibility index (Phi) is 5.00. The molecule has 0 radical (unpaired) electrons. The van der Waals surface area contributed by atoms with Gasteiger partial charge in [0.2, 0.25) is 0 Å². The Morgan fingerprint density at radius 1 is 1.11 bits per heavy atom. The first kappa shape index (κ1) is 14.5. The summed E-state index contributed by atoms with van der Waals surface area (Å²) in [5, 5.41) is 2.86. The van der Waals surface area contributed by atoms with Crippen LogP contribution in [0.5, 0.6) is 5.75 Å². The third-order valence-corrected chi connectivity index (χ3v) is 4.26. The van der Waals surface area contributed by atoms with E-state index >= 15 is 0 Å². The summed E-state index contributed by atoms with van der Waals surface area (Å²) in [5.74, 6) is 2.75. The fraction of sp³-hybridized carbons (Fsp3) is 0.375. The van der Waals surface area contributed by atoms with Crippen LogP contribution in [0, 0.1) is 11.8 Å². The second kappa shape index (κ2) is 6.53. The van der Waals surface area contributed by atoms with Gasteiger partial charge in [-0.3, -0.25) is 0 Å². The molecule has 0 fully saturated rings.